The van der Waals surface area contributed by atoms with E-state index in [-0.39, 0.29) is 16.1 Å². The van der Waals surface area contributed by atoms with Crippen molar-refractivity contribution in [3.63, 3.8) is 0 Å². The molecule has 0 saturated carbocycles. The number of sulfonamides is 1. The number of aromatic carboxylic acids is 1. The molecule has 0 aliphatic heterocycles. The summed E-state index contributed by atoms with van der Waals surface area (Å²) in [6.45, 7) is 0. The molecule has 0 aliphatic carbocycles. The fourth-order valence-corrected chi connectivity index (χ4v) is 6.36. The van der Waals surface area contributed by atoms with Crippen LogP contribution in [0.2, 0.25) is 0 Å². The maximum Gasteiger partial charge on any atom is 0.339 e. The number of rotatable bonds is 4. The van der Waals surface area contributed by atoms with E-state index in [0.717, 1.165) is 12.1 Å². The second kappa shape index (κ2) is 5.95. The van der Waals surface area contributed by atoms with Crippen LogP contribution in [0.5, 0.6) is 5.75 Å². The standard InChI is InChI=1S/C11H7Br2NO5S2/c12-9-4-8(10(13)20-9)21(18,19)14-5-1-2-6(11(16)17)7(15)3-5/h1-4,14-15H,(H,16,17). The van der Waals surface area contributed by atoms with Gasteiger partial charge in [0.1, 0.15) is 16.2 Å². The third-order valence-corrected chi connectivity index (χ3v) is 6.53. The Kier molecular flexibility index (Phi) is 4.61. The molecule has 0 atom stereocenters. The number of thiophene rings is 1. The van der Waals surface area contributed by atoms with Gasteiger partial charge in [-0.05, 0) is 50.1 Å². The van der Waals surface area contributed by atoms with E-state index in [1.54, 1.807) is 0 Å². The Labute approximate surface area is 140 Å². The smallest absolute Gasteiger partial charge is 0.339 e. The summed E-state index contributed by atoms with van der Waals surface area (Å²) in [7, 11) is -3.85. The SMILES string of the molecule is O=C(O)c1ccc(NS(=O)(=O)c2cc(Br)sc2Br)cc1O. The van der Waals surface area contributed by atoms with Crippen molar-refractivity contribution in [2.45, 2.75) is 4.90 Å². The lowest BCUT2D eigenvalue weighted by molar-refractivity contribution is 0.0694. The van der Waals surface area contributed by atoms with Crippen LogP contribution in [0.1, 0.15) is 10.4 Å². The highest BCUT2D eigenvalue weighted by atomic mass is 79.9. The molecule has 1 heterocycles. The van der Waals surface area contributed by atoms with E-state index in [9.17, 15) is 18.3 Å². The van der Waals surface area contributed by atoms with Crippen molar-refractivity contribution in [1.82, 2.24) is 0 Å². The van der Waals surface area contributed by atoms with Gasteiger partial charge in [-0.15, -0.1) is 11.3 Å². The normalized spacial score (nSPS) is 11.3. The molecule has 0 radical (unpaired) electrons. The number of halogens is 2. The summed E-state index contributed by atoms with van der Waals surface area (Å²) in [6, 6.07) is 4.85. The first-order chi connectivity index (χ1) is 9.70. The predicted molar refractivity (Wildman–Crippen MR) is 85.6 cm³/mol. The van der Waals surface area contributed by atoms with Crippen LogP contribution in [-0.2, 0) is 10.0 Å². The highest BCUT2D eigenvalue weighted by molar-refractivity contribution is 9.12. The molecule has 2 rings (SSSR count). The molecule has 0 saturated heterocycles. The van der Waals surface area contributed by atoms with Crippen molar-refractivity contribution in [3.8, 4) is 5.75 Å². The molecular weight excluding hydrogens is 450 g/mol. The summed E-state index contributed by atoms with van der Waals surface area (Å²) in [5.41, 5.74) is -0.246. The highest BCUT2D eigenvalue weighted by Crippen LogP contribution is 2.36. The molecule has 10 heteroatoms. The number of hydrogen-bond acceptors (Lipinski definition) is 5. The van der Waals surface area contributed by atoms with Gasteiger partial charge in [0.2, 0.25) is 0 Å². The molecule has 0 aliphatic rings. The van der Waals surface area contributed by atoms with Crippen molar-refractivity contribution in [2.24, 2.45) is 0 Å². The summed E-state index contributed by atoms with van der Waals surface area (Å²) in [6.07, 6.45) is 0. The molecule has 2 aromatic rings. The van der Waals surface area contributed by atoms with Gasteiger partial charge in [-0.1, -0.05) is 0 Å². The Morgan fingerprint density at radius 1 is 1.24 bits per heavy atom. The van der Waals surface area contributed by atoms with Crippen molar-refractivity contribution >= 4 is 64.9 Å². The maximum absolute atomic E-state index is 12.2. The molecule has 1 aromatic carbocycles. The molecule has 1 aromatic heterocycles. The number of anilines is 1. The van der Waals surface area contributed by atoms with E-state index in [4.69, 9.17) is 5.11 Å². The monoisotopic (exact) mass is 455 g/mol. The predicted octanol–water partition coefficient (Wildman–Crippen LogP) is 3.48. The van der Waals surface area contributed by atoms with Crippen molar-refractivity contribution in [3.05, 3.63) is 37.4 Å². The lowest BCUT2D eigenvalue weighted by Crippen LogP contribution is -2.12. The number of carboxylic acids is 1. The first-order valence-electron chi connectivity index (χ1n) is 5.24. The first-order valence-corrected chi connectivity index (χ1v) is 9.13. The average molecular weight is 457 g/mol. The number of nitrogens with one attached hydrogen (secondary N) is 1. The van der Waals surface area contributed by atoms with Gasteiger partial charge in [-0.3, -0.25) is 4.72 Å². The number of benzene rings is 1. The minimum atomic E-state index is -3.85. The molecule has 3 N–H and O–H groups in total. The van der Waals surface area contributed by atoms with E-state index in [1.807, 2.05) is 0 Å². The largest absolute Gasteiger partial charge is 0.507 e. The van der Waals surface area contributed by atoms with Crippen LogP contribution in [0.15, 0.2) is 36.7 Å². The lowest BCUT2D eigenvalue weighted by Gasteiger charge is -2.08. The number of aromatic hydroxyl groups is 1. The number of phenols is 1. The molecule has 0 fully saturated rings. The maximum atomic E-state index is 12.2. The van der Waals surface area contributed by atoms with Crippen LogP contribution in [0.4, 0.5) is 5.69 Å². The van der Waals surface area contributed by atoms with Crippen LogP contribution < -0.4 is 4.72 Å². The summed E-state index contributed by atoms with van der Waals surface area (Å²) in [5.74, 6) is -1.82. The fourth-order valence-electron chi connectivity index (χ4n) is 1.49. The van der Waals surface area contributed by atoms with Crippen molar-refractivity contribution < 1.29 is 23.4 Å². The quantitative estimate of drug-likeness (QED) is 0.653. The van der Waals surface area contributed by atoms with E-state index < -0.39 is 21.7 Å². The van der Waals surface area contributed by atoms with E-state index in [2.05, 4.69) is 36.6 Å². The summed E-state index contributed by atoms with van der Waals surface area (Å²) < 4.78 is 27.8. The third-order valence-electron chi connectivity index (χ3n) is 2.40. The van der Waals surface area contributed by atoms with E-state index >= 15 is 0 Å². The van der Waals surface area contributed by atoms with Gasteiger partial charge < -0.3 is 10.2 Å². The topological polar surface area (TPSA) is 104 Å². The van der Waals surface area contributed by atoms with E-state index in [0.29, 0.717) is 7.57 Å². The van der Waals surface area contributed by atoms with Gasteiger partial charge in [-0.2, -0.15) is 0 Å². The molecule has 21 heavy (non-hydrogen) atoms. The van der Waals surface area contributed by atoms with Gasteiger partial charge in [0.25, 0.3) is 10.0 Å². The van der Waals surface area contributed by atoms with E-state index in [1.165, 1.54) is 23.5 Å². The van der Waals surface area contributed by atoms with Crippen molar-refractivity contribution in [1.29, 1.82) is 0 Å². The molecular formula is C11H7Br2NO5S2. The molecule has 6 nitrogen and oxygen atoms in total. The molecule has 0 unspecified atom stereocenters. The van der Waals surface area contributed by atoms with Gasteiger partial charge in [0.05, 0.1) is 13.3 Å². The summed E-state index contributed by atoms with van der Waals surface area (Å²) in [5, 5.41) is 18.4. The molecule has 0 bridgehead atoms. The second-order valence-electron chi connectivity index (χ2n) is 3.83. The van der Waals surface area contributed by atoms with Gasteiger partial charge in [0.15, 0.2) is 0 Å². The molecule has 0 spiro atoms. The third kappa shape index (κ3) is 3.57. The molecule has 112 valence electrons. The average Bonchev–Trinajstić information content (AvgIpc) is 2.68. The van der Waals surface area contributed by atoms with Gasteiger partial charge in [-0.25, -0.2) is 13.2 Å². The fraction of sp³-hybridized carbons (Fsp3) is 0. The number of hydrogen-bond donors (Lipinski definition) is 3. The minimum absolute atomic E-state index is 0.0428. The van der Waals surface area contributed by atoms with Gasteiger partial charge >= 0.3 is 5.97 Å². The van der Waals surface area contributed by atoms with Gasteiger partial charge in [0, 0.05) is 6.07 Å². The summed E-state index contributed by atoms with van der Waals surface area (Å²) in [4.78, 5) is 10.8. The Morgan fingerprint density at radius 3 is 2.38 bits per heavy atom. The van der Waals surface area contributed by atoms with Crippen LogP contribution in [-0.4, -0.2) is 24.6 Å². The zero-order valence-electron chi connectivity index (χ0n) is 10.0. The van der Waals surface area contributed by atoms with Crippen LogP contribution in [0.3, 0.4) is 0 Å². The Balaban J connectivity index is 2.35. The Morgan fingerprint density at radius 2 is 1.90 bits per heavy atom. The first kappa shape index (κ1) is 16.3. The van der Waals surface area contributed by atoms with Crippen molar-refractivity contribution in [2.75, 3.05) is 4.72 Å². The molecule has 0 amide bonds. The zero-order valence-corrected chi connectivity index (χ0v) is 14.8. The zero-order chi connectivity index (χ0) is 15.8. The number of carboxylic acid groups (broad SMARTS) is 1. The van der Waals surface area contributed by atoms with Crippen LogP contribution in [0, 0.1) is 0 Å². The lowest BCUT2D eigenvalue weighted by atomic mass is 10.2. The highest BCUT2D eigenvalue weighted by Gasteiger charge is 2.21. The van der Waals surface area contributed by atoms with Crippen LogP contribution >= 0.6 is 43.2 Å². The Bertz CT molecular complexity index is 816. The van der Waals surface area contributed by atoms with Crippen LogP contribution in [0.25, 0.3) is 0 Å². The number of carbonyl (C=O) groups is 1. The second-order valence-corrected chi connectivity index (χ2v) is 9.23. The minimum Gasteiger partial charge on any atom is -0.507 e. The Hall–Kier alpha value is -1.10. The summed E-state index contributed by atoms with van der Waals surface area (Å²) >= 11 is 7.55.